The first-order valence-electron chi connectivity index (χ1n) is 11.7. The smallest absolute Gasteiger partial charge is 0.238 e. The van der Waals surface area contributed by atoms with Gasteiger partial charge in [0.25, 0.3) is 0 Å². The van der Waals surface area contributed by atoms with Gasteiger partial charge < -0.3 is 30.1 Å². The van der Waals surface area contributed by atoms with Crippen molar-refractivity contribution in [3.63, 3.8) is 0 Å². The number of halogens is 3. The summed E-state index contributed by atoms with van der Waals surface area (Å²) in [5, 5.41) is 49.2. The van der Waals surface area contributed by atoms with Crippen molar-refractivity contribution in [1.82, 2.24) is 19.9 Å². The van der Waals surface area contributed by atoms with E-state index in [-0.39, 0.29) is 23.2 Å². The number of carbonyl (C=O) groups excluding carboxylic acids is 1. The zero-order chi connectivity index (χ0) is 27.2. The largest absolute Gasteiger partial charge is 0.394 e. The Morgan fingerprint density at radius 3 is 2.41 bits per heavy atom. The van der Waals surface area contributed by atoms with Crippen molar-refractivity contribution in [1.29, 1.82) is 0 Å². The topological polar surface area (TPSA) is 141 Å². The van der Waals surface area contributed by atoms with Crippen molar-refractivity contribution in [3.8, 4) is 11.3 Å². The number of hydrogen-bond acceptors (Lipinski definition) is 9. The molecule has 0 bridgehead atoms. The molecule has 2 unspecified atom stereocenters. The Labute approximate surface area is 215 Å². The third kappa shape index (κ3) is 5.36. The van der Waals surface area contributed by atoms with Gasteiger partial charge in [0.15, 0.2) is 17.5 Å². The zero-order valence-corrected chi connectivity index (χ0v) is 21.1. The van der Waals surface area contributed by atoms with Gasteiger partial charge in [-0.2, -0.15) is 0 Å². The molecule has 2 aliphatic rings. The summed E-state index contributed by atoms with van der Waals surface area (Å²) in [6, 6.07) is 0.217. The molecule has 37 heavy (non-hydrogen) atoms. The van der Waals surface area contributed by atoms with Crippen molar-refractivity contribution < 1.29 is 43.1 Å². The molecule has 0 radical (unpaired) electrons. The zero-order valence-electron chi connectivity index (χ0n) is 20.3. The van der Waals surface area contributed by atoms with Crippen LogP contribution in [0.4, 0.5) is 13.2 Å². The van der Waals surface area contributed by atoms with Gasteiger partial charge in [-0.15, -0.1) is 16.9 Å². The average Bonchev–Trinajstić information content (AvgIpc) is 3.29. The standard InChI is InChI=1S/C23H29F3N4O6S/c1-10-4-5-29(10)21(34)20(23(2,3)35)37-22-19(33)17(18(32)15(9-31)36-22)30-8-14(27-28-30)11-6-12(24)16(26)13(25)7-11/h6-8,10,15,17-20,22,31-33,35H,4-5,9H2,1-3H3/t10?,15-,17+,18+,19-,20?,22+/m1/s1. The third-order valence-electron chi connectivity index (χ3n) is 6.68. The number of hydrogen-bond donors (Lipinski definition) is 4. The minimum atomic E-state index is -1.64. The second kappa shape index (κ2) is 10.5. The number of amides is 1. The third-order valence-corrected chi connectivity index (χ3v) is 8.39. The van der Waals surface area contributed by atoms with Gasteiger partial charge >= 0.3 is 0 Å². The van der Waals surface area contributed by atoms with Crippen LogP contribution in [0.15, 0.2) is 18.3 Å². The molecule has 1 aromatic carbocycles. The number of rotatable bonds is 7. The molecule has 204 valence electrons. The van der Waals surface area contributed by atoms with Gasteiger partial charge in [0.05, 0.1) is 18.4 Å². The van der Waals surface area contributed by atoms with Crippen LogP contribution in [0.1, 0.15) is 33.2 Å². The highest BCUT2D eigenvalue weighted by Gasteiger charge is 2.50. The van der Waals surface area contributed by atoms with Crippen LogP contribution in [0.5, 0.6) is 0 Å². The second-order valence-corrected chi connectivity index (χ2v) is 11.1. The maximum atomic E-state index is 13.7. The minimum absolute atomic E-state index is 0.00427. The fraction of sp³-hybridized carbons (Fsp3) is 0.609. The fourth-order valence-corrected chi connectivity index (χ4v) is 5.79. The highest BCUT2D eigenvalue weighted by atomic mass is 32.2. The summed E-state index contributed by atoms with van der Waals surface area (Å²) >= 11 is 0.859. The van der Waals surface area contributed by atoms with Gasteiger partial charge in [-0.1, -0.05) is 5.21 Å². The Kier molecular flexibility index (Phi) is 7.89. The maximum absolute atomic E-state index is 13.7. The summed E-state index contributed by atoms with van der Waals surface area (Å²) in [5.41, 5.74) is -2.88. The molecule has 2 fully saturated rings. The summed E-state index contributed by atoms with van der Waals surface area (Å²) in [7, 11) is 0. The molecule has 0 saturated carbocycles. The summed E-state index contributed by atoms with van der Waals surface area (Å²) in [6.07, 6.45) is -2.16. The van der Waals surface area contributed by atoms with Crippen molar-refractivity contribution in [2.24, 2.45) is 0 Å². The molecule has 2 saturated heterocycles. The number of aliphatic hydroxyl groups excluding tert-OH is 3. The number of thioether (sulfide) groups is 1. The van der Waals surface area contributed by atoms with Gasteiger partial charge in [0.1, 0.15) is 40.7 Å². The van der Waals surface area contributed by atoms with Crippen LogP contribution in [0.3, 0.4) is 0 Å². The Morgan fingerprint density at radius 1 is 1.24 bits per heavy atom. The van der Waals surface area contributed by atoms with Crippen LogP contribution in [-0.4, -0.2) is 100 Å². The van der Waals surface area contributed by atoms with Crippen LogP contribution >= 0.6 is 11.8 Å². The number of ether oxygens (including phenoxy) is 1. The van der Waals surface area contributed by atoms with Gasteiger partial charge in [0.2, 0.25) is 5.91 Å². The lowest BCUT2D eigenvalue weighted by molar-refractivity contribution is -0.179. The summed E-state index contributed by atoms with van der Waals surface area (Å²) in [5.74, 6) is -4.82. The number of benzene rings is 1. The highest BCUT2D eigenvalue weighted by molar-refractivity contribution is 8.01. The molecule has 1 aromatic heterocycles. The van der Waals surface area contributed by atoms with Crippen molar-refractivity contribution >= 4 is 17.7 Å². The molecule has 0 spiro atoms. The van der Waals surface area contributed by atoms with Crippen molar-refractivity contribution in [2.75, 3.05) is 13.2 Å². The molecule has 14 heteroatoms. The van der Waals surface area contributed by atoms with E-state index in [1.807, 2.05) is 6.92 Å². The lowest BCUT2D eigenvalue weighted by Gasteiger charge is -2.46. The fourth-order valence-electron chi connectivity index (χ4n) is 4.41. The van der Waals surface area contributed by atoms with E-state index in [4.69, 9.17) is 4.74 Å². The lowest BCUT2D eigenvalue weighted by atomic mass is 9.97. The van der Waals surface area contributed by atoms with E-state index in [1.165, 1.54) is 20.0 Å². The van der Waals surface area contributed by atoms with E-state index < -0.39 is 64.7 Å². The number of aromatic nitrogens is 3. The van der Waals surface area contributed by atoms with Crippen molar-refractivity contribution in [3.05, 3.63) is 35.8 Å². The minimum Gasteiger partial charge on any atom is -0.394 e. The van der Waals surface area contributed by atoms with E-state index in [0.717, 1.165) is 35.0 Å². The Bertz CT molecular complexity index is 1120. The van der Waals surface area contributed by atoms with Crippen LogP contribution in [0, 0.1) is 17.5 Å². The molecule has 0 aliphatic carbocycles. The number of likely N-dealkylation sites (tertiary alicyclic amines) is 1. The highest BCUT2D eigenvalue weighted by Crippen LogP contribution is 2.40. The normalized spacial score (nSPS) is 29.2. The van der Waals surface area contributed by atoms with Crippen molar-refractivity contribution in [2.45, 2.75) is 73.9 Å². The molecule has 2 aromatic rings. The van der Waals surface area contributed by atoms with E-state index in [0.29, 0.717) is 6.54 Å². The molecule has 4 rings (SSSR count). The molecule has 7 atom stereocenters. The van der Waals surface area contributed by atoms with Gasteiger partial charge in [-0.3, -0.25) is 4.79 Å². The SMILES string of the molecule is CC1CCN1C(=O)C(S[C@@H]1O[C@H](CO)[C@H](O)[C@H](n2cc(-c3cc(F)c(F)c(F)c3)nn2)[C@H]1O)C(C)(C)O. The molecule has 4 N–H and O–H groups in total. The molecule has 10 nitrogen and oxygen atoms in total. The maximum Gasteiger partial charge on any atom is 0.238 e. The predicted molar refractivity (Wildman–Crippen MR) is 126 cm³/mol. The van der Waals surface area contributed by atoms with Crippen LogP contribution in [0.2, 0.25) is 0 Å². The lowest BCUT2D eigenvalue weighted by Crippen LogP contribution is -2.59. The van der Waals surface area contributed by atoms with E-state index >= 15 is 0 Å². The Morgan fingerprint density at radius 2 is 1.89 bits per heavy atom. The first kappa shape index (κ1) is 27.8. The summed E-state index contributed by atoms with van der Waals surface area (Å²) in [6.45, 7) is 4.70. The Balaban J connectivity index is 1.62. The second-order valence-electron chi connectivity index (χ2n) is 9.87. The van der Waals surface area contributed by atoms with Gasteiger partial charge in [0, 0.05) is 18.2 Å². The number of aliphatic hydroxyl groups is 4. The molecule has 1 amide bonds. The van der Waals surface area contributed by atoms with Gasteiger partial charge in [-0.05, 0) is 39.3 Å². The molecule has 2 aliphatic heterocycles. The molecular formula is C23H29F3N4O6S. The van der Waals surface area contributed by atoms with Crippen LogP contribution < -0.4 is 0 Å². The number of nitrogens with zero attached hydrogens (tertiary/aromatic N) is 4. The van der Waals surface area contributed by atoms with Gasteiger partial charge in [-0.25, -0.2) is 17.9 Å². The van der Waals surface area contributed by atoms with Crippen LogP contribution in [0.25, 0.3) is 11.3 Å². The summed E-state index contributed by atoms with van der Waals surface area (Å²) in [4.78, 5) is 14.8. The summed E-state index contributed by atoms with van der Waals surface area (Å²) < 4.78 is 47.5. The number of carbonyl (C=O) groups is 1. The van der Waals surface area contributed by atoms with Crippen LogP contribution in [-0.2, 0) is 9.53 Å². The van der Waals surface area contributed by atoms with E-state index in [2.05, 4.69) is 10.3 Å². The first-order chi connectivity index (χ1) is 17.3. The van der Waals surface area contributed by atoms with E-state index in [1.54, 1.807) is 4.90 Å². The molecule has 3 heterocycles. The predicted octanol–water partition coefficient (Wildman–Crippen LogP) is 0.836. The molecular weight excluding hydrogens is 517 g/mol. The Hall–Kier alpha value is -2.23. The average molecular weight is 547 g/mol. The van der Waals surface area contributed by atoms with E-state index in [9.17, 15) is 38.4 Å². The monoisotopic (exact) mass is 546 g/mol. The first-order valence-corrected chi connectivity index (χ1v) is 12.6. The quantitative estimate of drug-likeness (QED) is 0.372.